The van der Waals surface area contributed by atoms with Crippen molar-refractivity contribution in [3.63, 3.8) is 0 Å². The van der Waals surface area contributed by atoms with Gasteiger partial charge in [0.2, 0.25) is 0 Å². The third-order valence-corrected chi connectivity index (χ3v) is 4.61. The lowest BCUT2D eigenvalue weighted by Crippen LogP contribution is -2.64. The van der Waals surface area contributed by atoms with Crippen LogP contribution in [0.1, 0.15) is 44.9 Å². The SMILES string of the molecule is N#C[C@@H]1C[C@H]2CCCCN2[C@H]2CCCCN21. The summed E-state index contributed by atoms with van der Waals surface area (Å²) in [4.78, 5) is 5.18. The molecule has 3 atom stereocenters. The van der Waals surface area contributed by atoms with Crippen molar-refractivity contribution in [2.75, 3.05) is 13.1 Å². The molecule has 0 aromatic carbocycles. The molecule has 0 spiro atoms. The Kier molecular flexibility index (Phi) is 2.87. The molecule has 3 saturated heterocycles. The number of hydrogen-bond acceptors (Lipinski definition) is 3. The van der Waals surface area contributed by atoms with Crippen molar-refractivity contribution in [1.29, 1.82) is 5.26 Å². The van der Waals surface area contributed by atoms with E-state index in [4.69, 9.17) is 0 Å². The minimum atomic E-state index is 0.199. The van der Waals surface area contributed by atoms with E-state index >= 15 is 0 Å². The van der Waals surface area contributed by atoms with Crippen LogP contribution in [0.2, 0.25) is 0 Å². The first-order valence-corrected chi connectivity index (χ1v) is 6.81. The monoisotopic (exact) mass is 219 g/mol. The van der Waals surface area contributed by atoms with Gasteiger partial charge in [0.15, 0.2) is 0 Å². The molecule has 88 valence electrons. The van der Waals surface area contributed by atoms with Crippen LogP contribution in [0.5, 0.6) is 0 Å². The van der Waals surface area contributed by atoms with Crippen molar-refractivity contribution in [1.82, 2.24) is 9.80 Å². The number of hydrogen-bond donors (Lipinski definition) is 0. The first-order valence-electron chi connectivity index (χ1n) is 6.81. The van der Waals surface area contributed by atoms with Crippen LogP contribution >= 0.6 is 0 Å². The van der Waals surface area contributed by atoms with Gasteiger partial charge in [-0.2, -0.15) is 5.26 Å². The highest BCUT2D eigenvalue weighted by molar-refractivity contribution is 5.03. The summed E-state index contributed by atoms with van der Waals surface area (Å²) >= 11 is 0. The second-order valence-corrected chi connectivity index (χ2v) is 5.48. The van der Waals surface area contributed by atoms with Crippen molar-refractivity contribution in [2.45, 2.75) is 63.2 Å². The van der Waals surface area contributed by atoms with Crippen LogP contribution in [0.25, 0.3) is 0 Å². The van der Waals surface area contributed by atoms with Gasteiger partial charge >= 0.3 is 0 Å². The molecule has 3 fully saturated rings. The van der Waals surface area contributed by atoms with Gasteiger partial charge in [0, 0.05) is 12.6 Å². The highest BCUT2D eigenvalue weighted by atomic mass is 15.4. The molecule has 16 heavy (non-hydrogen) atoms. The van der Waals surface area contributed by atoms with Gasteiger partial charge in [-0.25, -0.2) is 0 Å². The first-order chi connectivity index (χ1) is 7.90. The van der Waals surface area contributed by atoms with E-state index in [2.05, 4.69) is 15.9 Å². The van der Waals surface area contributed by atoms with Crippen molar-refractivity contribution >= 4 is 0 Å². The molecule has 0 N–H and O–H groups in total. The van der Waals surface area contributed by atoms with Gasteiger partial charge in [0.25, 0.3) is 0 Å². The molecule has 0 aliphatic carbocycles. The van der Waals surface area contributed by atoms with E-state index in [0.717, 1.165) is 13.0 Å². The standard InChI is InChI=1S/C13H21N3/c14-10-12-9-11-5-1-3-7-15(11)13-6-2-4-8-16(12)13/h11-13H,1-9H2/t11-,12+,13-/m1/s1. The average Bonchev–Trinajstić information content (AvgIpc) is 2.38. The summed E-state index contributed by atoms with van der Waals surface area (Å²) in [6, 6.07) is 3.44. The molecule has 3 heterocycles. The highest BCUT2D eigenvalue weighted by Crippen LogP contribution is 2.35. The lowest BCUT2D eigenvalue weighted by molar-refractivity contribution is -0.0845. The lowest BCUT2D eigenvalue weighted by atomic mass is 9.88. The van der Waals surface area contributed by atoms with Gasteiger partial charge < -0.3 is 0 Å². The minimum absolute atomic E-state index is 0.199. The molecule has 3 rings (SSSR count). The van der Waals surface area contributed by atoms with Gasteiger partial charge in [-0.05, 0) is 45.1 Å². The average molecular weight is 219 g/mol. The predicted molar refractivity (Wildman–Crippen MR) is 62.7 cm³/mol. The number of nitrogens with zero attached hydrogens (tertiary/aromatic N) is 3. The largest absolute Gasteiger partial charge is 0.285 e. The molecule has 0 radical (unpaired) electrons. The maximum atomic E-state index is 9.31. The molecule has 0 aromatic heterocycles. The fourth-order valence-corrected chi connectivity index (χ4v) is 3.84. The Morgan fingerprint density at radius 1 is 0.938 bits per heavy atom. The Bertz CT molecular complexity index is 296. The number of nitriles is 1. The quantitative estimate of drug-likeness (QED) is 0.624. The molecule has 0 aromatic rings. The normalized spacial score (nSPS) is 40.8. The maximum Gasteiger partial charge on any atom is 0.100 e. The Morgan fingerprint density at radius 3 is 2.50 bits per heavy atom. The van der Waals surface area contributed by atoms with E-state index in [1.165, 1.54) is 45.1 Å². The van der Waals surface area contributed by atoms with Crippen LogP contribution in [0, 0.1) is 11.3 Å². The van der Waals surface area contributed by atoms with Gasteiger partial charge in [-0.15, -0.1) is 0 Å². The maximum absolute atomic E-state index is 9.31. The van der Waals surface area contributed by atoms with E-state index in [-0.39, 0.29) is 6.04 Å². The van der Waals surface area contributed by atoms with Crippen LogP contribution in [-0.2, 0) is 0 Å². The van der Waals surface area contributed by atoms with Crippen molar-refractivity contribution < 1.29 is 0 Å². The molecular formula is C13H21N3. The molecule has 0 amide bonds. The molecule has 3 heteroatoms. The van der Waals surface area contributed by atoms with E-state index in [1.54, 1.807) is 0 Å². The summed E-state index contributed by atoms with van der Waals surface area (Å²) < 4.78 is 0. The van der Waals surface area contributed by atoms with Crippen LogP contribution in [0.4, 0.5) is 0 Å². The van der Waals surface area contributed by atoms with Crippen molar-refractivity contribution in [3.05, 3.63) is 0 Å². The molecular weight excluding hydrogens is 198 g/mol. The summed E-state index contributed by atoms with van der Waals surface area (Å²) in [6.07, 6.45) is 9.65. The minimum Gasteiger partial charge on any atom is -0.285 e. The van der Waals surface area contributed by atoms with E-state index in [1.807, 2.05) is 0 Å². The van der Waals surface area contributed by atoms with Gasteiger partial charge in [-0.3, -0.25) is 9.80 Å². The van der Waals surface area contributed by atoms with Crippen LogP contribution in [-0.4, -0.2) is 41.1 Å². The second-order valence-electron chi connectivity index (χ2n) is 5.48. The van der Waals surface area contributed by atoms with Crippen molar-refractivity contribution in [3.8, 4) is 6.07 Å². The Hall–Kier alpha value is -0.590. The van der Waals surface area contributed by atoms with Crippen molar-refractivity contribution in [2.24, 2.45) is 0 Å². The van der Waals surface area contributed by atoms with Gasteiger partial charge in [-0.1, -0.05) is 6.42 Å². The fourth-order valence-electron chi connectivity index (χ4n) is 3.84. The van der Waals surface area contributed by atoms with E-state index in [0.29, 0.717) is 12.2 Å². The van der Waals surface area contributed by atoms with Crippen LogP contribution in [0.15, 0.2) is 0 Å². The topological polar surface area (TPSA) is 30.3 Å². The summed E-state index contributed by atoms with van der Waals surface area (Å²) in [6.45, 7) is 2.41. The van der Waals surface area contributed by atoms with Crippen LogP contribution < -0.4 is 0 Å². The zero-order valence-corrected chi connectivity index (χ0v) is 9.94. The third-order valence-electron chi connectivity index (χ3n) is 4.61. The molecule has 3 aliphatic heterocycles. The first kappa shape index (κ1) is 10.6. The fraction of sp³-hybridized carbons (Fsp3) is 0.923. The smallest absolute Gasteiger partial charge is 0.100 e. The van der Waals surface area contributed by atoms with Crippen LogP contribution in [0.3, 0.4) is 0 Å². The Morgan fingerprint density at radius 2 is 1.69 bits per heavy atom. The molecule has 3 nitrogen and oxygen atoms in total. The molecule has 0 saturated carbocycles. The summed E-state index contributed by atoms with van der Waals surface area (Å²) in [7, 11) is 0. The van der Waals surface area contributed by atoms with Gasteiger partial charge in [0.1, 0.15) is 6.04 Å². The summed E-state index contributed by atoms with van der Waals surface area (Å²) in [5, 5.41) is 9.31. The van der Waals surface area contributed by atoms with E-state index in [9.17, 15) is 5.26 Å². The lowest BCUT2D eigenvalue weighted by Gasteiger charge is -2.54. The Labute approximate surface area is 98.0 Å². The van der Waals surface area contributed by atoms with Gasteiger partial charge in [0.05, 0.1) is 12.2 Å². The molecule has 0 bridgehead atoms. The number of piperidine rings is 2. The summed E-state index contributed by atoms with van der Waals surface area (Å²) in [5.74, 6) is 0. The molecule has 3 aliphatic rings. The van der Waals surface area contributed by atoms with E-state index < -0.39 is 0 Å². The highest BCUT2D eigenvalue weighted by Gasteiger charge is 2.42. The zero-order valence-electron chi connectivity index (χ0n) is 9.94. The summed E-state index contributed by atoms with van der Waals surface area (Å²) in [5.41, 5.74) is 0. The Balaban J connectivity index is 1.82. The second kappa shape index (κ2) is 4.35. The zero-order chi connectivity index (χ0) is 11.0. The third kappa shape index (κ3) is 1.65. The number of fused-ring (bicyclic) bond motifs is 3. The predicted octanol–water partition coefficient (Wildman–Crippen LogP) is 1.95. The number of rotatable bonds is 0. The molecule has 0 unspecified atom stereocenters.